The number of H-pyrrole nitrogens is 1. The van der Waals surface area contributed by atoms with Crippen molar-refractivity contribution in [3.63, 3.8) is 0 Å². The molecule has 1 saturated heterocycles. The van der Waals surface area contributed by atoms with Crippen LogP contribution in [0, 0.1) is 12.7 Å². The maximum Gasteiger partial charge on any atom is 0.281 e. The molecule has 48 heavy (non-hydrogen) atoms. The normalized spacial score (nSPS) is 17.6. The van der Waals surface area contributed by atoms with Crippen LogP contribution in [-0.2, 0) is 4.79 Å². The molecule has 2 N–H and O–H groups in total. The summed E-state index contributed by atoms with van der Waals surface area (Å²) in [5, 5.41) is 11.9. The molecule has 1 amide bonds. The van der Waals surface area contributed by atoms with Crippen molar-refractivity contribution in [2.45, 2.75) is 65.5 Å². The van der Waals surface area contributed by atoms with Gasteiger partial charge in [-0.2, -0.15) is 5.10 Å². The van der Waals surface area contributed by atoms with Crippen molar-refractivity contribution in [2.24, 2.45) is 0 Å². The van der Waals surface area contributed by atoms with Crippen LogP contribution in [0.2, 0.25) is 5.02 Å². The third-order valence-corrected chi connectivity index (χ3v) is 10.1. The molecular weight excluding hydrogens is 631 g/mol. The zero-order chi connectivity index (χ0) is 34.2. The largest absolute Gasteiger partial charge is 0.377 e. The predicted molar refractivity (Wildman–Crippen MR) is 189 cm³/mol. The van der Waals surface area contributed by atoms with Crippen LogP contribution >= 0.6 is 11.6 Å². The topological polar surface area (TPSA) is 112 Å². The Kier molecular flexibility index (Phi) is 7.77. The number of nitrogens with zero attached hydrogens (tertiary/aromatic N) is 6. The molecule has 2 atom stereocenters. The van der Waals surface area contributed by atoms with Crippen molar-refractivity contribution in [3.8, 4) is 16.8 Å². The summed E-state index contributed by atoms with van der Waals surface area (Å²) in [6.45, 7) is 16.9. The number of halogens is 2. The number of aromatic amines is 1. The van der Waals surface area contributed by atoms with Crippen molar-refractivity contribution in [1.82, 2.24) is 29.6 Å². The van der Waals surface area contributed by atoms with Gasteiger partial charge >= 0.3 is 0 Å². The molecule has 2 aliphatic heterocycles. The van der Waals surface area contributed by atoms with Gasteiger partial charge in [0, 0.05) is 47.6 Å². The lowest BCUT2D eigenvalue weighted by Gasteiger charge is -2.49. The lowest BCUT2D eigenvalue weighted by atomic mass is 9.93. The zero-order valence-electron chi connectivity index (χ0n) is 27.9. The van der Waals surface area contributed by atoms with E-state index in [1.54, 1.807) is 15.7 Å². The van der Waals surface area contributed by atoms with Gasteiger partial charge in [-0.25, -0.2) is 14.4 Å². The molecule has 0 bridgehead atoms. The first-order chi connectivity index (χ1) is 22.9. The van der Waals surface area contributed by atoms with E-state index in [1.165, 1.54) is 18.5 Å². The summed E-state index contributed by atoms with van der Waals surface area (Å²) in [4.78, 5) is 41.0. The molecule has 12 heteroatoms. The molecule has 0 spiro atoms. The van der Waals surface area contributed by atoms with E-state index in [4.69, 9.17) is 11.6 Å². The standard InChI is InChI=1S/C36H38ClFN8O2/c1-8-26(47)44-15-21-12-39-32-34(45(21)14-20(44)7)22-11-24(38)28(27-19(6)9-10-25-23(27)13-42-43-25)29(37)33(22)46(36(32)48)35-30(17(2)3)40-16-41-31(35)18(4)5/h8-11,13,16-18,20-21,39H,1,12,14-15H2,2-7H3,(H,42,43). The number of piperazine rings is 1. The van der Waals surface area contributed by atoms with E-state index in [-0.39, 0.29) is 46.0 Å². The minimum absolute atomic E-state index is 0.0623. The SMILES string of the molecule is C=CC(=O)N1CC2CNc3c(c4cc(F)c(-c5c(C)ccc6[nH]ncc56)c(Cl)c4n(-c4c(C(C)C)ncnc4C(C)C)c3=O)N2CC1C. The van der Waals surface area contributed by atoms with Gasteiger partial charge < -0.3 is 15.1 Å². The van der Waals surface area contributed by atoms with Crippen molar-refractivity contribution < 1.29 is 9.18 Å². The van der Waals surface area contributed by atoms with Crippen molar-refractivity contribution in [1.29, 1.82) is 0 Å². The van der Waals surface area contributed by atoms with Crippen LogP contribution in [-0.4, -0.2) is 67.3 Å². The molecule has 2 aromatic carbocycles. The summed E-state index contributed by atoms with van der Waals surface area (Å²) in [6.07, 6.45) is 4.52. The molecule has 2 aliphatic rings. The molecule has 7 rings (SSSR count). The second-order valence-corrected chi connectivity index (χ2v) is 13.8. The van der Waals surface area contributed by atoms with Crippen LogP contribution in [0.1, 0.15) is 63.4 Å². The zero-order valence-corrected chi connectivity index (χ0v) is 28.6. The molecule has 5 aromatic rings. The van der Waals surface area contributed by atoms with Gasteiger partial charge in [-0.05, 0) is 49.5 Å². The van der Waals surface area contributed by atoms with E-state index < -0.39 is 5.82 Å². The number of hydrogen-bond donors (Lipinski definition) is 2. The van der Waals surface area contributed by atoms with E-state index in [9.17, 15) is 4.79 Å². The molecule has 0 radical (unpaired) electrons. The van der Waals surface area contributed by atoms with Gasteiger partial charge in [0.1, 0.15) is 17.8 Å². The number of hydrogen-bond acceptors (Lipinski definition) is 7. The molecule has 0 aliphatic carbocycles. The Labute approximate surface area is 282 Å². The highest BCUT2D eigenvalue weighted by atomic mass is 35.5. The Morgan fingerprint density at radius 3 is 2.46 bits per heavy atom. The molecule has 1 fully saturated rings. The van der Waals surface area contributed by atoms with Crippen LogP contribution in [0.25, 0.3) is 38.6 Å². The average molecular weight is 669 g/mol. The highest BCUT2D eigenvalue weighted by Crippen LogP contribution is 2.47. The Bertz CT molecular complexity index is 2180. The number of nitrogens with one attached hydrogen (secondary N) is 2. The number of carbonyl (C=O) groups excluding carboxylic acids is 1. The van der Waals surface area contributed by atoms with Crippen LogP contribution in [0.5, 0.6) is 0 Å². The summed E-state index contributed by atoms with van der Waals surface area (Å²) in [6, 6.07) is 4.94. The van der Waals surface area contributed by atoms with Gasteiger partial charge in [-0.3, -0.25) is 19.3 Å². The first-order valence-corrected chi connectivity index (χ1v) is 16.6. The van der Waals surface area contributed by atoms with Gasteiger partial charge in [-0.15, -0.1) is 0 Å². The maximum atomic E-state index is 16.9. The number of aromatic nitrogens is 5. The number of rotatable bonds is 5. The minimum atomic E-state index is -0.523. The van der Waals surface area contributed by atoms with E-state index in [2.05, 4.69) is 37.0 Å². The number of carbonyl (C=O) groups is 1. The second-order valence-electron chi connectivity index (χ2n) is 13.4. The molecule has 248 valence electrons. The number of aryl methyl sites for hydroxylation is 1. The summed E-state index contributed by atoms with van der Waals surface area (Å²) in [5.74, 6) is -0.799. The highest BCUT2D eigenvalue weighted by Gasteiger charge is 2.40. The molecule has 3 aromatic heterocycles. The second kappa shape index (κ2) is 11.7. The highest BCUT2D eigenvalue weighted by molar-refractivity contribution is 6.39. The fraction of sp³-hybridized carbons (Fsp3) is 0.361. The van der Waals surface area contributed by atoms with Crippen molar-refractivity contribution >= 4 is 50.7 Å². The Morgan fingerprint density at radius 1 is 1.08 bits per heavy atom. The maximum absolute atomic E-state index is 16.9. The van der Waals surface area contributed by atoms with Gasteiger partial charge in [0.25, 0.3) is 5.56 Å². The van der Waals surface area contributed by atoms with Gasteiger partial charge in [0.15, 0.2) is 0 Å². The number of amides is 1. The van der Waals surface area contributed by atoms with Crippen molar-refractivity contribution in [3.05, 3.63) is 81.5 Å². The van der Waals surface area contributed by atoms with Gasteiger partial charge in [0.05, 0.1) is 51.1 Å². The first-order valence-electron chi connectivity index (χ1n) is 16.3. The third kappa shape index (κ3) is 4.69. The van der Waals surface area contributed by atoms with E-state index in [0.717, 1.165) is 11.1 Å². The van der Waals surface area contributed by atoms with Gasteiger partial charge in [-0.1, -0.05) is 51.9 Å². The summed E-state index contributed by atoms with van der Waals surface area (Å²) in [5.41, 5.74) is 5.21. The molecule has 10 nitrogen and oxygen atoms in total. The lowest BCUT2D eigenvalue weighted by Crippen LogP contribution is -2.62. The van der Waals surface area contributed by atoms with E-state index >= 15 is 9.18 Å². The minimum Gasteiger partial charge on any atom is -0.377 e. The Hall–Kier alpha value is -4.77. The van der Waals surface area contributed by atoms with Crippen molar-refractivity contribution in [2.75, 3.05) is 29.9 Å². The molecular formula is C36H38ClFN8O2. The fourth-order valence-corrected chi connectivity index (χ4v) is 7.80. The monoisotopic (exact) mass is 668 g/mol. The van der Waals surface area contributed by atoms with E-state index in [1.807, 2.05) is 53.7 Å². The number of pyridine rings is 1. The number of benzene rings is 2. The lowest BCUT2D eigenvalue weighted by molar-refractivity contribution is -0.128. The number of anilines is 2. The van der Waals surface area contributed by atoms with Crippen LogP contribution < -0.4 is 15.8 Å². The molecule has 5 heterocycles. The summed E-state index contributed by atoms with van der Waals surface area (Å²) in [7, 11) is 0. The molecule has 0 saturated carbocycles. The van der Waals surface area contributed by atoms with Crippen LogP contribution in [0.15, 0.2) is 48.2 Å². The third-order valence-electron chi connectivity index (χ3n) is 9.70. The predicted octanol–water partition coefficient (Wildman–Crippen LogP) is 6.69. The quantitative estimate of drug-likeness (QED) is 0.201. The number of fused-ring (bicyclic) bond motifs is 6. The first kappa shape index (κ1) is 31.8. The van der Waals surface area contributed by atoms with Crippen LogP contribution in [0.4, 0.5) is 15.8 Å². The van der Waals surface area contributed by atoms with Crippen LogP contribution in [0.3, 0.4) is 0 Å². The van der Waals surface area contributed by atoms with Gasteiger partial charge in [0.2, 0.25) is 5.91 Å². The molecule has 2 unspecified atom stereocenters. The Morgan fingerprint density at radius 2 is 1.79 bits per heavy atom. The van der Waals surface area contributed by atoms with E-state index in [0.29, 0.717) is 69.9 Å². The Balaban J connectivity index is 1.63. The smallest absolute Gasteiger partial charge is 0.281 e. The summed E-state index contributed by atoms with van der Waals surface area (Å²) >= 11 is 7.47. The summed E-state index contributed by atoms with van der Waals surface area (Å²) < 4.78 is 18.5. The fourth-order valence-electron chi connectivity index (χ4n) is 7.43. The average Bonchev–Trinajstić information content (AvgIpc) is 3.54.